The van der Waals surface area contributed by atoms with Gasteiger partial charge in [0.15, 0.2) is 5.82 Å². The lowest BCUT2D eigenvalue weighted by Crippen LogP contribution is -2.26. The second-order valence-corrected chi connectivity index (χ2v) is 5.82. The predicted molar refractivity (Wildman–Crippen MR) is 81.4 cm³/mol. The number of ether oxygens (including phenoxy) is 1. The van der Waals surface area contributed by atoms with Crippen molar-refractivity contribution in [2.24, 2.45) is 13.0 Å². The molecule has 0 spiro atoms. The number of aromatic nitrogens is 4. The van der Waals surface area contributed by atoms with Crippen LogP contribution in [0.4, 0.5) is 5.82 Å². The Morgan fingerprint density at radius 1 is 1.45 bits per heavy atom. The standard InChI is InChI=1S/C15H21N5O2/c1-8-7-12(18-17-8)16-15(21)11-5-6-22-14(11)13-9(2)19-20(4)10(13)3/h7,11,14H,5-6H2,1-4H3,(H2,16,17,18,21)/t11-,14-/m0/s1. The molecule has 2 atom stereocenters. The third-order valence-corrected chi connectivity index (χ3v) is 4.24. The minimum atomic E-state index is -0.242. The van der Waals surface area contributed by atoms with E-state index in [2.05, 4.69) is 20.6 Å². The van der Waals surface area contributed by atoms with E-state index in [9.17, 15) is 4.79 Å². The number of carbonyl (C=O) groups excluding carboxylic acids is 1. The van der Waals surface area contributed by atoms with Gasteiger partial charge in [0, 0.05) is 36.7 Å². The molecule has 1 aliphatic heterocycles. The van der Waals surface area contributed by atoms with Crippen molar-refractivity contribution in [3.63, 3.8) is 0 Å². The highest BCUT2D eigenvalue weighted by Crippen LogP contribution is 2.38. The molecule has 0 aromatic carbocycles. The smallest absolute Gasteiger partial charge is 0.231 e. The van der Waals surface area contributed by atoms with Crippen LogP contribution < -0.4 is 5.32 Å². The molecule has 3 heterocycles. The summed E-state index contributed by atoms with van der Waals surface area (Å²) in [5, 5.41) is 14.2. The number of hydrogen-bond acceptors (Lipinski definition) is 4. The Labute approximate surface area is 129 Å². The molecular formula is C15H21N5O2. The predicted octanol–water partition coefficient (Wildman–Crippen LogP) is 1.78. The second kappa shape index (κ2) is 5.57. The summed E-state index contributed by atoms with van der Waals surface area (Å²) in [6.07, 6.45) is 0.460. The van der Waals surface area contributed by atoms with Crippen LogP contribution >= 0.6 is 0 Å². The maximum Gasteiger partial charge on any atom is 0.231 e. The summed E-state index contributed by atoms with van der Waals surface area (Å²) in [7, 11) is 1.91. The molecule has 118 valence electrons. The number of hydrogen-bond donors (Lipinski definition) is 2. The van der Waals surface area contributed by atoms with Gasteiger partial charge in [-0.2, -0.15) is 10.2 Å². The van der Waals surface area contributed by atoms with Gasteiger partial charge in [-0.1, -0.05) is 0 Å². The minimum Gasteiger partial charge on any atom is -0.373 e. The maximum absolute atomic E-state index is 12.6. The van der Waals surface area contributed by atoms with E-state index in [1.807, 2.05) is 38.6 Å². The Balaban J connectivity index is 1.82. The van der Waals surface area contributed by atoms with Crippen LogP contribution in [0.2, 0.25) is 0 Å². The van der Waals surface area contributed by atoms with Gasteiger partial charge < -0.3 is 10.1 Å². The summed E-state index contributed by atoms with van der Waals surface area (Å²) in [4.78, 5) is 12.6. The van der Waals surface area contributed by atoms with E-state index in [0.29, 0.717) is 18.8 Å². The van der Waals surface area contributed by atoms with Gasteiger partial charge in [0.1, 0.15) is 0 Å². The van der Waals surface area contributed by atoms with Gasteiger partial charge in [-0.25, -0.2) is 0 Å². The molecule has 2 aromatic heterocycles. The normalized spacial score (nSPS) is 21.3. The molecule has 0 radical (unpaired) electrons. The summed E-state index contributed by atoms with van der Waals surface area (Å²) in [5.74, 6) is 0.267. The zero-order valence-corrected chi connectivity index (χ0v) is 13.3. The first kappa shape index (κ1) is 14.8. The molecule has 0 bridgehead atoms. The number of nitrogens with one attached hydrogen (secondary N) is 2. The van der Waals surface area contributed by atoms with Gasteiger partial charge in [-0.05, 0) is 27.2 Å². The largest absolute Gasteiger partial charge is 0.373 e. The summed E-state index contributed by atoms with van der Waals surface area (Å²) in [6, 6.07) is 1.81. The zero-order valence-electron chi connectivity index (χ0n) is 13.3. The van der Waals surface area contributed by atoms with Crippen LogP contribution in [0.15, 0.2) is 6.07 Å². The second-order valence-electron chi connectivity index (χ2n) is 5.82. The molecule has 1 amide bonds. The summed E-state index contributed by atoms with van der Waals surface area (Å²) in [5.41, 5.74) is 3.89. The third kappa shape index (κ3) is 2.52. The first-order valence-corrected chi connectivity index (χ1v) is 7.42. The fourth-order valence-electron chi connectivity index (χ4n) is 3.05. The highest BCUT2D eigenvalue weighted by molar-refractivity contribution is 5.92. The molecule has 3 rings (SSSR count). The van der Waals surface area contributed by atoms with Crippen molar-refractivity contribution in [2.75, 3.05) is 11.9 Å². The first-order valence-electron chi connectivity index (χ1n) is 7.42. The van der Waals surface area contributed by atoms with E-state index in [4.69, 9.17) is 4.74 Å². The Hall–Kier alpha value is -2.15. The number of anilines is 1. The Morgan fingerprint density at radius 3 is 2.82 bits per heavy atom. The van der Waals surface area contributed by atoms with Crippen molar-refractivity contribution in [3.8, 4) is 0 Å². The Bertz CT molecular complexity index is 703. The van der Waals surface area contributed by atoms with Crippen molar-refractivity contribution >= 4 is 11.7 Å². The Morgan fingerprint density at radius 2 is 2.23 bits per heavy atom. The molecule has 7 heteroatoms. The summed E-state index contributed by atoms with van der Waals surface area (Å²) in [6.45, 7) is 6.43. The van der Waals surface area contributed by atoms with Crippen molar-refractivity contribution in [1.29, 1.82) is 0 Å². The van der Waals surface area contributed by atoms with Crippen LogP contribution in [-0.2, 0) is 16.6 Å². The monoisotopic (exact) mass is 303 g/mol. The molecule has 2 N–H and O–H groups in total. The Kier molecular flexibility index (Phi) is 3.74. The molecule has 1 fully saturated rings. The van der Waals surface area contributed by atoms with Crippen molar-refractivity contribution in [2.45, 2.75) is 33.3 Å². The van der Waals surface area contributed by atoms with Crippen LogP contribution in [0.25, 0.3) is 0 Å². The minimum absolute atomic E-state index is 0.0587. The van der Waals surface area contributed by atoms with Crippen LogP contribution in [0.3, 0.4) is 0 Å². The average Bonchev–Trinajstić information content (AvgIpc) is 3.12. The number of amides is 1. The fourth-order valence-corrected chi connectivity index (χ4v) is 3.05. The van der Waals surface area contributed by atoms with Gasteiger partial charge in [0.25, 0.3) is 0 Å². The molecular weight excluding hydrogens is 282 g/mol. The zero-order chi connectivity index (χ0) is 15.9. The number of aryl methyl sites for hydroxylation is 3. The number of rotatable bonds is 3. The summed E-state index contributed by atoms with van der Waals surface area (Å²) >= 11 is 0. The SMILES string of the molecule is Cc1cc(NC(=O)[C@H]2CCO[C@@H]2c2c(C)nn(C)c2C)n[nH]1. The number of nitrogens with zero attached hydrogens (tertiary/aromatic N) is 3. The topological polar surface area (TPSA) is 84.8 Å². The first-order chi connectivity index (χ1) is 10.5. The molecule has 0 unspecified atom stereocenters. The fraction of sp³-hybridized carbons (Fsp3) is 0.533. The average molecular weight is 303 g/mol. The molecule has 1 saturated heterocycles. The third-order valence-electron chi connectivity index (χ3n) is 4.24. The van der Waals surface area contributed by atoms with Crippen molar-refractivity contribution < 1.29 is 9.53 Å². The van der Waals surface area contributed by atoms with Gasteiger partial charge in [0.2, 0.25) is 5.91 Å². The van der Waals surface area contributed by atoms with E-state index in [0.717, 1.165) is 22.6 Å². The highest BCUT2D eigenvalue weighted by Gasteiger charge is 2.38. The highest BCUT2D eigenvalue weighted by atomic mass is 16.5. The lowest BCUT2D eigenvalue weighted by molar-refractivity contribution is -0.121. The number of H-pyrrole nitrogens is 1. The quantitative estimate of drug-likeness (QED) is 0.905. The molecule has 2 aromatic rings. The molecule has 22 heavy (non-hydrogen) atoms. The van der Waals surface area contributed by atoms with E-state index < -0.39 is 0 Å². The molecule has 1 aliphatic rings. The van der Waals surface area contributed by atoms with Gasteiger partial charge in [0.05, 0.1) is 17.7 Å². The van der Waals surface area contributed by atoms with E-state index in [1.165, 1.54) is 0 Å². The van der Waals surface area contributed by atoms with Crippen LogP contribution in [0, 0.1) is 26.7 Å². The van der Waals surface area contributed by atoms with Crippen LogP contribution in [0.5, 0.6) is 0 Å². The molecule has 0 saturated carbocycles. The van der Waals surface area contributed by atoms with Crippen LogP contribution in [-0.4, -0.2) is 32.5 Å². The van der Waals surface area contributed by atoms with E-state index in [1.54, 1.807) is 0 Å². The van der Waals surface area contributed by atoms with Crippen molar-refractivity contribution in [3.05, 3.63) is 28.7 Å². The lowest BCUT2D eigenvalue weighted by Gasteiger charge is -2.18. The van der Waals surface area contributed by atoms with Gasteiger partial charge in [-0.15, -0.1) is 0 Å². The number of carbonyl (C=O) groups is 1. The number of aromatic amines is 1. The van der Waals surface area contributed by atoms with E-state index in [-0.39, 0.29) is 17.9 Å². The van der Waals surface area contributed by atoms with E-state index >= 15 is 0 Å². The van der Waals surface area contributed by atoms with Gasteiger partial charge >= 0.3 is 0 Å². The van der Waals surface area contributed by atoms with Gasteiger partial charge in [-0.3, -0.25) is 14.6 Å². The molecule has 7 nitrogen and oxygen atoms in total. The van der Waals surface area contributed by atoms with Crippen LogP contribution in [0.1, 0.15) is 35.2 Å². The lowest BCUT2D eigenvalue weighted by atomic mass is 9.93. The summed E-state index contributed by atoms with van der Waals surface area (Å²) < 4.78 is 7.68. The maximum atomic E-state index is 12.6. The van der Waals surface area contributed by atoms with Crippen molar-refractivity contribution in [1.82, 2.24) is 20.0 Å². The molecule has 0 aliphatic carbocycles.